The van der Waals surface area contributed by atoms with Crippen LogP contribution in [0.5, 0.6) is 0 Å². The molecule has 1 aromatic heterocycles. The Labute approximate surface area is 184 Å². The molecule has 5 nitrogen and oxygen atoms in total. The van der Waals surface area contributed by atoms with Crippen LogP contribution in [-0.2, 0) is 30.5 Å². The standard InChI is InChI=1S/C24H24F3N3O2/c1-23(2,3)32-22(31)29-14-19-20(15-29)30(13-16-7-5-4-6-8-16)28-21(19)17-9-11-18(12-10-17)24(25,26)27/h4-12H,13-15H2,1-3H3. The minimum Gasteiger partial charge on any atom is -0.444 e. The Kier molecular flexibility index (Phi) is 5.48. The summed E-state index contributed by atoms with van der Waals surface area (Å²) in [5.74, 6) is 0. The molecule has 4 rings (SSSR count). The van der Waals surface area contributed by atoms with E-state index in [-0.39, 0.29) is 6.54 Å². The summed E-state index contributed by atoms with van der Waals surface area (Å²) in [6.45, 7) is 6.52. The van der Waals surface area contributed by atoms with Crippen LogP contribution in [0.4, 0.5) is 18.0 Å². The van der Waals surface area contributed by atoms with E-state index in [1.807, 2.05) is 35.0 Å². The van der Waals surface area contributed by atoms with Crippen molar-refractivity contribution in [3.8, 4) is 11.3 Å². The lowest BCUT2D eigenvalue weighted by atomic mass is 10.1. The molecule has 1 aliphatic heterocycles. The minimum absolute atomic E-state index is 0.287. The van der Waals surface area contributed by atoms with Gasteiger partial charge in [-0.15, -0.1) is 0 Å². The molecule has 0 fully saturated rings. The highest BCUT2D eigenvalue weighted by Crippen LogP contribution is 2.35. The number of nitrogens with zero attached hydrogens (tertiary/aromatic N) is 3. The molecular weight excluding hydrogens is 419 g/mol. The van der Waals surface area contributed by atoms with Crippen LogP contribution in [0.1, 0.15) is 43.2 Å². The third-order valence-corrected chi connectivity index (χ3v) is 5.17. The maximum Gasteiger partial charge on any atom is 0.416 e. The average molecular weight is 443 g/mol. The number of ether oxygens (including phenoxy) is 1. The van der Waals surface area contributed by atoms with Crippen molar-refractivity contribution in [2.75, 3.05) is 0 Å². The van der Waals surface area contributed by atoms with E-state index in [0.29, 0.717) is 24.3 Å². The Morgan fingerprint density at radius 2 is 1.66 bits per heavy atom. The quantitative estimate of drug-likeness (QED) is 0.509. The van der Waals surface area contributed by atoms with E-state index >= 15 is 0 Å². The van der Waals surface area contributed by atoms with Gasteiger partial charge in [0.15, 0.2) is 0 Å². The van der Waals surface area contributed by atoms with Gasteiger partial charge in [-0.3, -0.25) is 9.58 Å². The van der Waals surface area contributed by atoms with E-state index in [1.54, 1.807) is 25.7 Å². The van der Waals surface area contributed by atoms with Gasteiger partial charge in [0.2, 0.25) is 0 Å². The number of carbonyl (C=O) groups excluding carboxylic acids is 1. The zero-order valence-corrected chi connectivity index (χ0v) is 18.1. The predicted octanol–water partition coefficient (Wildman–Crippen LogP) is 5.87. The zero-order valence-electron chi connectivity index (χ0n) is 18.1. The first-order chi connectivity index (χ1) is 15.0. The second-order valence-corrected chi connectivity index (χ2v) is 8.83. The lowest BCUT2D eigenvalue weighted by Crippen LogP contribution is -2.33. The van der Waals surface area contributed by atoms with Gasteiger partial charge in [0.1, 0.15) is 5.60 Å². The molecule has 0 bridgehead atoms. The lowest BCUT2D eigenvalue weighted by molar-refractivity contribution is -0.137. The fourth-order valence-corrected chi connectivity index (χ4v) is 3.70. The number of carbonyl (C=O) groups is 1. The van der Waals surface area contributed by atoms with Crippen molar-refractivity contribution in [1.29, 1.82) is 0 Å². The summed E-state index contributed by atoms with van der Waals surface area (Å²) < 4.78 is 46.3. The second-order valence-electron chi connectivity index (χ2n) is 8.83. The van der Waals surface area contributed by atoms with Gasteiger partial charge < -0.3 is 4.74 Å². The van der Waals surface area contributed by atoms with Gasteiger partial charge in [-0.05, 0) is 38.5 Å². The molecule has 1 aliphatic rings. The smallest absolute Gasteiger partial charge is 0.416 e. The first kappa shape index (κ1) is 21.9. The normalized spacial score (nSPS) is 13.9. The Bertz CT molecular complexity index is 1110. The van der Waals surface area contributed by atoms with E-state index in [2.05, 4.69) is 0 Å². The van der Waals surface area contributed by atoms with Crippen LogP contribution in [0.25, 0.3) is 11.3 Å². The van der Waals surface area contributed by atoms with Crippen molar-refractivity contribution in [3.63, 3.8) is 0 Å². The fourth-order valence-electron chi connectivity index (χ4n) is 3.70. The Morgan fingerprint density at radius 3 is 2.25 bits per heavy atom. The molecule has 1 amide bonds. The number of benzene rings is 2. The van der Waals surface area contributed by atoms with Crippen LogP contribution in [0, 0.1) is 0 Å². The van der Waals surface area contributed by atoms with Crippen molar-refractivity contribution in [3.05, 3.63) is 77.0 Å². The fraction of sp³-hybridized carbons (Fsp3) is 0.333. The number of halogens is 3. The van der Waals surface area contributed by atoms with Crippen molar-refractivity contribution in [1.82, 2.24) is 14.7 Å². The molecule has 0 aliphatic carbocycles. The minimum atomic E-state index is -4.40. The highest BCUT2D eigenvalue weighted by Gasteiger charge is 2.34. The second kappa shape index (κ2) is 8.00. The van der Waals surface area contributed by atoms with E-state index < -0.39 is 23.4 Å². The highest BCUT2D eigenvalue weighted by molar-refractivity contribution is 5.72. The molecule has 0 atom stereocenters. The molecule has 0 unspecified atom stereocenters. The molecule has 0 saturated carbocycles. The van der Waals surface area contributed by atoms with Gasteiger partial charge in [0.05, 0.1) is 36.6 Å². The molecule has 2 aromatic carbocycles. The van der Waals surface area contributed by atoms with Gasteiger partial charge >= 0.3 is 12.3 Å². The zero-order chi connectivity index (χ0) is 23.1. The van der Waals surface area contributed by atoms with Crippen molar-refractivity contribution in [2.45, 2.75) is 52.2 Å². The summed E-state index contributed by atoms with van der Waals surface area (Å²) in [5, 5.41) is 4.71. The van der Waals surface area contributed by atoms with Crippen LogP contribution < -0.4 is 0 Å². The molecule has 32 heavy (non-hydrogen) atoms. The molecule has 8 heteroatoms. The van der Waals surface area contributed by atoms with Crippen LogP contribution in [-0.4, -0.2) is 26.4 Å². The third-order valence-electron chi connectivity index (χ3n) is 5.17. The molecular formula is C24H24F3N3O2. The van der Waals surface area contributed by atoms with Crippen molar-refractivity contribution < 1.29 is 22.7 Å². The number of aromatic nitrogens is 2. The largest absolute Gasteiger partial charge is 0.444 e. The summed E-state index contributed by atoms with van der Waals surface area (Å²) in [7, 11) is 0. The molecule has 0 radical (unpaired) electrons. The van der Waals surface area contributed by atoms with Gasteiger partial charge in [-0.25, -0.2) is 4.79 Å². The van der Waals surface area contributed by atoms with Gasteiger partial charge in [0, 0.05) is 11.1 Å². The summed E-state index contributed by atoms with van der Waals surface area (Å²) in [5.41, 5.74) is 2.53. The number of hydrogen-bond donors (Lipinski definition) is 0. The lowest BCUT2D eigenvalue weighted by Gasteiger charge is -2.24. The van der Waals surface area contributed by atoms with Crippen LogP contribution in [0.15, 0.2) is 54.6 Å². The summed E-state index contributed by atoms with van der Waals surface area (Å²) in [6, 6.07) is 14.7. The molecule has 168 valence electrons. The molecule has 0 N–H and O–H groups in total. The van der Waals surface area contributed by atoms with Crippen molar-refractivity contribution >= 4 is 6.09 Å². The first-order valence-electron chi connectivity index (χ1n) is 10.3. The predicted molar refractivity (Wildman–Crippen MR) is 114 cm³/mol. The maximum atomic E-state index is 13.0. The van der Waals surface area contributed by atoms with E-state index in [0.717, 1.165) is 29.0 Å². The number of rotatable bonds is 3. The molecule has 0 saturated heterocycles. The Hall–Kier alpha value is -3.29. The number of amides is 1. The monoisotopic (exact) mass is 443 g/mol. The SMILES string of the molecule is CC(C)(C)OC(=O)N1Cc2c(-c3ccc(C(F)(F)F)cc3)nn(Cc3ccccc3)c2C1. The summed E-state index contributed by atoms with van der Waals surface area (Å²) in [4.78, 5) is 14.2. The highest BCUT2D eigenvalue weighted by atomic mass is 19.4. The van der Waals surface area contributed by atoms with Gasteiger partial charge in [-0.1, -0.05) is 42.5 Å². The van der Waals surface area contributed by atoms with Crippen LogP contribution >= 0.6 is 0 Å². The molecule has 0 spiro atoms. The molecule has 2 heterocycles. The van der Waals surface area contributed by atoms with Crippen LogP contribution in [0.2, 0.25) is 0 Å². The average Bonchev–Trinajstić information content (AvgIpc) is 3.28. The summed E-state index contributed by atoms with van der Waals surface area (Å²) in [6.07, 6.45) is -4.83. The number of alkyl halides is 3. The Morgan fingerprint density at radius 1 is 1.00 bits per heavy atom. The van der Waals surface area contributed by atoms with Crippen LogP contribution in [0.3, 0.4) is 0 Å². The van der Waals surface area contributed by atoms with Gasteiger partial charge in [0.25, 0.3) is 0 Å². The van der Waals surface area contributed by atoms with E-state index in [9.17, 15) is 18.0 Å². The Balaban J connectivity index is 1.69. The third kappa shape index (κ3) is 4.64. The number of fused-ring (bicyclic) bond motifs is 1. The number of hydrogen-bond acceptors (Lipinski definition) is 3. The summed E-state index contributed by atoms with van der Waals surface area (Å²) >= 11 is 0. The first-order valence-corrected chi connectivity index (χ1v) is 10.3. The topological polar surface area (TPSA) is 47.4 Å². The van der Waals surface area contributed by atoms with Gasteiger partial charge in [-0.2, -0.15) is 18.3 Å². The van der Waals surface area contributed by atoms with E-state index in [1.165, 1.54) is 12.1 Å². The molecule has 3 aromatic rings. The van der Waals surface area contributed by atoms with Crippen molar-refractivity contribution in [2.24, 2.45) is 0 Å². The van der Waals surface area contributed by atoms with E-state index in [4.69, 9.17) is 9.84 Å². The maximum absolute atomic E-state index is 13.0.